The maximum atomic E-state index is 8.97. The minimum absolute atomic E-state index is 0.530. The summed E-state index contributed by atoms with van der Waals surface area (Å²) in [6, 6.07) is 9.24. The zero-order chi connectivity index (χ0) is 13.8. The molecule has 1 saturated heterocycles. The van der Waals surface area contributed by atoms with Crippen molar-refractivity contribution in [3.63, 3.8) is 0 Å². The molecular weight excluding hydrogens is 234 g/mol. The van der Waals surface area contributed by atoms with Crippen LogP contribution in [0.5, 0.6) is 0 Å². The van der Waals surface area contributed by atoms with Gasteiger partial charge in [-0.3, -0.25) is 0 Å². The number of nitrogens with one attached hydrogen (secondary N) is 1. The van der Waals surface area contributed by atoms with Crippen LogP contribution >= 0.6 is 0 Å². The van der Waals surface area contributed by atoms with Crippen LogP contribution in [0.3, 0.4) is 0 Å². The first kappa shape index (κ1) is 13.9. The topological polar surface area (TPSA) is 39.1 Å². The lowest BCUT2D eigenvalue weighted by atomic mass is 10.0. The number of benzene rings is 1. The largest absolute Gasteiger partial charge is 0.382 e. The summed E-state index contributed by atoms with van der Waals surface area (Å²) in [4.78, 5) is 2.52. The number of nitrogens with zero attached hydrogens (tertiary/aromatic N) is 2. The first-order chi connectivity index (χ1) is 9.10. The molecule has 0 amide bonds. The van der Waals surface area contributed by atoms with Gasteiger partial charge in [0, 0.05) is 30.9 Å². The van der Waals surface area contributed by atoms with E-state index in [2.05, 4.69) is 37.1 Å². The predicted octanol–water partition coefficient (Wildman–Crippen LogP) is 3.15. The molecule has 1 aromatic carbocycles. The Hall–Kier alpha value is -1.53. The standard InChI is InChI=1S/C16H23N3/c1-12(2)19-8-6-15(7-9-19)18-16-10-14(11-17)5-4-13(16)3/h4-5,10,12,15,18H,6-9H2,1-3H3. The summed E-state index contributed by atoms with van der Waals surface area (Å²) in [5.74, 6) is 0. The van der Waals surface area contributed by atoms with E-state index >= 15 is 0 Å². The molecule has 1 aliphatic rings. The molecule has 0 bridgehead atoms. The maximum absolute atomic E-state index is 8.97. The quantitative estimate of drug-likeness (QED) is 0.904. The molecule has 0 aliphatic carbocycles. The Bertz CT molecular complexity index is 465. The van der Waals surface area contributed by atoms with Gasteiger partial charge in [-0.1, -0.05) is 6.07 Å². The molecule has 3 heteroatoms. The normalized spacial score (nSPS) is 17.4. The van der Waals surface area contributed by atoms with E-state index in [1.165, 1.54) is 18.4 Å². The second-order valence-corrected chi connectivity index (χ2v) is 5.69. The third-order valence-corrected chi connectivity index (χ3v) is 3.99. The molecule has 102 valence electrons. The molecule has 0 saturated carbocycles. The van der Waals surface area contributed by atoms with Crippen molar-refractivity contribution in [2.45, 2.75) is 45.7 Å². The zero-order valence-electron chi connectivity index (χ0n) is 12.1. The molecule has 0 atom stereocenters. The third-order valence-electron chi connectivity index (χ3n) is 3.99. The highest BCUT2D eigenvalue weighted by Crippen LogP contribution is 2.21. The lowest BCUT2D eigenvalue weighted by Gasteiger charge is -2.35. The van der Waals surface area contributed by atoms with E-state index in [9.17, 15) is 0 Å². The van der Waals surface area contributed by atoms with Crippen LogP contribution < -0.4 is 5.32 Å². The Morgan fingerprint density at radius 2 is 2.00 bits per heavy atom. The molecular formula is C16H23N3. The fourth-order valence-electron chi connectivity index (χ4n) is 2.63. The number of hydrogen-bond donors (Lipinski definition) is 1. The van der Waals surface area contributed by atoms with E-state index in [4.69, 9.17) is 5.26 Å². The lowest BCUT2D eigenvalue weighted by Crippen LogP contribution is -2.42. The van der Waals surface area contributed by atoms with E-state index in [-0.39, 0.29) is 0 Å². The number of hydrogen-bond acceptors (Lipinski definition) is 3. The van der Waals surface area contributed by atoms with E-state index in [0.717, 1.165) is 24.3 Å². The van der Waals surface area contributed by atoms with Gasteiger partial charge in [-0.15, -0.1) is 0 Å². The number of anilines is 1. The molecule has 0 spiro atoms. The Morgan fingerprint density at radius 1 is 1.32 bits per heavy atom. The molecule has 1 fully saturated rings. The van der Waals surface area contributed by atoms with Gasteiger partial charge in [-0.05, 0) is 51.3 Å². The molecule has 1 aromatic rings. The average molecular weight is 257 g/mol. The number of likely N-dealkylation sites (tertiary alicyclic amines) is 1. The predicted molar refractivity (Wildman–Crippen MR) is 79.2 cm³/mol. The van der Waals surface area contributed by atoms with E-state index in [1.54, 1.807) is 0 Å². The Labute approximate surface area is 116 Å². The zero-order valence-corrected chi connectivity index (χ0v) is 12.1. The van der Waals surface area contributed by atoms with E-state index < -0.39 is 0 Å². The fraction of sp³-hybridized carbons (Fsp3) is 0.562. The van der Waals surface area contributed by atoms with Crippen LogP contribution in [0.25, 0.3) is 0 Å². The highest BCUT2D eigenvalue weighted by molar-refractivity contribution is 5.55. The average Bonchev–Trinajstić information content (AvgIpc) is 2.42. The number of aryl methyl sites for hydroxylation is 1. The summed E-state index contributed by atoms with van der Waals surface area (Å²) in [6.45, 7) is 8.92. The Balaban J connectivity index is 1.98. The van der Waals surface area contributed by atoms with Crippen LogP contribution in [0.1, 0.15) is 37.8 Å². The molecule has 0 aromatic heterocycles. The third kappa shape index (κ3) is 3.48. The van der Waals surface area contributed by atoms with Gasteiger partial charge >= 0.3 is 0 Å². The van der Waals surface area contributed by atoms with Crippen molar-refractivity contribution in [1.82, 2.24) is 4.90 Å². The van der Waals surface area contributed by atoms with Gasteiger partial charge in [0.05, 0.1) is 11.6 Å². The second kappa shape index (κ2) is 6.08. The number of piperidine rings is 1. The van der Waals surface area contributed by atoms with Crippen molar-refractivity contribution in [3.05, 3.63) is 29.3 Å². The molecule has 2 rings (SSSR count). The van der Waals surface area contributed by atoms with Crippen LogP contribution in [0, 0.1) is 18.3 Å². The van der Waals surface area contributed by atoms with Gasteiger partial charge < -0.3 is 10.2 Å². The SMILES string of the molecule is Cc1ccc(C#N)cc1NC1CCN(C(C)C)CC1. The summed E-state index contributed by atoms with van der Waals surface area (Å²) in [6.07, 6.45) is 2.35. The van der Waals surface area contributed by atoms with Gasteiger partial charge in [0.15, 0.2) is 0 Å². The van der Waals surface area contributed by atoms with Crippen LogP contribution in [0.2, 0.25) is 0 Å². The molecule has 0 unspecified atom stereocenters. The van der Waals surface area contributed by atoms with Crippen molar-refractivity contribution in [2.75, 3.05) is 18.4 Å². The summed E-state index contributed by atoms with van der Waals surface area (Å²) < 4.78 is 0. The molecule has 1 aliphatic heterocycles. The molecule has 3 nitrogen and oxygen atoms in total. The van der Waals surface area contributed by atoms with Gasteiger partial charge in [-0.25, -0.2) is 0 Å². The van der Waals surface area contributed by atoms with Crippen molar-refractivity contribution in [2.24, 2.45) is 0 Å². The van der Waals surface area contributed by atoms with Crippen LogP contribution in [-0.2, 0) is 0 Å². The van der Waals surface area contributed by atoms with E-state index in [1.807, 2.05) is 18.2 Å². The van der Waals surface area contributed by atoms with Crippen molar-refractivity contribution >= 4 is 5.69 Å². The first-order valence-electron chi connectivity index (χ1n) is 7.11. The van der Waals surface area contributed by atoms with Gasteiger partial charge in [0.1, 0.15) is 0 Å². The van der Waals surface area contributed by atoms with Crippen molar-refractivity contribution in [1.29, 1.82) is 5.26 Å². The molecule has 1 N–H and O–H groups in total. The van der Waals surface area contributed by atoms with Crippen molar-refractivity contribution in [3.8, 4) is 6.07 Å². The highest BCUT2D eigenvalue weighted by Gasteiger charge is 2.20. The highest BCUT2D eigenvalue weighted by atomic mass is 15.2. The van der Waals surface area contributed by atoms with Gasteiger partial charge in [0.2, 0.25) is 0 Å². The maximum Gasteiger partial charge on any atom is 0.0992 e. The molecule has 1 heterocycles. The Kier molecular flexibility index (Phi) is 4.44. The molecule has 19 heavy (non-hydrogen) atoms. The fourth-order valence-corrected chi connectivity index (χ4v) is 2.63. The molecule has 0 radical (unpaired) electrons. The van der Waals surface area contributed by atoms with Crippen molar-refractivity contribution < 1.29 is 0 Å². The summed E-state index contributed by atoms with van der Waals surface area (Å²) >= 11 is 0. The summed E-state index contributed by atoms with van der Waals surface area (Å²) in [5, 5.41) is 12.6. The lowest BCUT2D eigenvalue weighted by molar-refractivity contribution is 0.177. The summed E-state index contributed by atoms with van der Waals surface area (Å²) in [5.41, 5.74) is 3.06. The number of nitriles is 1. The van der Waals surface area contributed by atoms with Gasteiger partial charge in [-0.2, -0.15) is 5.26 Å². The van der Waals surface area contributed by atoms with Crippen LogP contribution in [0.4, 0.5) is 5.69 Å². The minimum atomic E-state index is 0.530. The van der Waals surface area contributed by atoms with Gasteiger partial charge in [0.25, 0.3) is 0 Å². The first-order valence-corrected chi connectivity index (χ1v) is 7.11. The Morgan fingerprint density at radius 3 is 2.58 bits per heavy atom. The smallest absolute Gasteiger partial charge is 0.0992 e. The van der Waals surface area contributed by atoms with Crippen LogP contribution in [-0.4, -0.2) is 30.1 Å². The second-order valence-electron chi connectivity index (χ2n) is 5.69. The minimum Gasteiger partial charge on any atom is -0.382 e. The van der Waals surface area contributed by atoms with Crippen LogP contribution in [0.15, 0.2) is 18.2 Å². The summed E-state index contributed by atoms with van der Waals surface area (Å²) in [7, 11) is 0. The number of rotatable bonds is 3. The monoisotopic (exact) mass is 257 g/mol. The van der Waals surface area contributed by atoms with E-state index in [0.29, 0.717) is 12.1 Å².